The van der Waals surface area contributed by atoms with E-state index in [1.807, 2.05) is 13.0 Å². The molecule has 1 rings (SSSR count). The van der Waals surface area contributed by atoms with Gasteiger partial charge in [-0.3, -0.25) is 4.79 Å². The first-order valence-corrected chi connectivity index (χ1v) is 5.79. The summed E-state index contributed by atoms with van der Waals surface area (Å²) in [6.45, 7) is 11.9. The third-order valence-electron chi connectivity index (χ3n) is 3.78. The summed E-state index contributed by atoms with van der Waals surface area (Å²) in [7, 11) is 0. The van der Waals surface area contributed by atoms with Gasteiger partial charge >= 0.3 is 0 Å². The van der Waals surface area contributed by atoms with Crippen LogP contribution in [-0.2, 0) is 4.79 Å². The number of carbonyl (C=O) groups is 1. The molecule has 0 radical (unpaired) electrons. The Hall–Kier alpha value is -0.850. The molecule has 0 saturated heterocycles. The zero-order chi connectivity index (χ0) is 11.5. The van der Waals surface area contributed by atoms with Crippen LogP contribution in [0.25, 0.3) is 0 Å². The fraction of sp³-hybridized carbons (Fsp3) is 0.643. The molecule has 0 aromatic rings. The molecule has 0 aromatic carbocycles. The molecule has 1 aliphatic rings. The Morgan fingerprint density at radius 3 is 2.87 bits per heavy atom. The first kappa shape index (κ1) is 12.2. The zero-order valence-electron chi connectivity index (χ0n) is 10.0. The Balaban J connectivity index is 2.70. The van der Waals surface area contributed by atoms with E-state index in [0.717, 1.165) is 32.1 Å². The maximum absolute atomic E-state index is 11.9. The fourth-order valence-electron chi connectivity index (χ4n) is 2.53. The third-order valence-corrected chi connectivity index (χ3v) is 3.78. The molecule has 1 saturated carbocycles. The molecule has 1 nitrogen and oxygen atoms in total. The maximum atomic E-state index is 11.9. The van der Waals surface area contributed by atoms with Gasteiger partial charge in [0, 0.05) is 11.8 Å². The minimum atomic E-state index is -0.118. The quantitative estimate of drug-likeness (QED) is 0.623. The first-order chi connectivity index (χ1) is 7.00. The number of allylic oxidation sites excluding steroid dienone is 2. The third kappa shape index (κ3) is 2.58. The van der Waals surface area contributed by atoms with E-state index < -0.39 is 0 Å². The smallest absolute Gasteiger partial charge is 0.139 e. The molecule has 0 N–H and O–H groups in total. The normalized spacial score (nSPS) is 30.5. The van der Waals surface area contributed by atoms with Gasteiger partial charge in [0.15, 0.2) is 0 Å². The van der Waals surface area contributed by atoms with Crippen molar-refractivity contribution in [1.82, 2.24) is 0 Å². The molecule has 0 amide bonds. The molecule has 0 spiro atoms. The number of hydrogen-bond acceptors (Lipinski definition) is 1. The Morgan fingerprint density at radius 2 is 2.33 bits per heavy atom. The van der Waals surface area contributed by atoms with Crippen LogP contribution in [0.15, 0.2) is 24.8 Å². The summed E-state index contributed by atoms with van der Waals surface area (Å²) in [5.41, 5.74) is 1.06. The SMILES string of the molecule is C=CC[C@@H]1CCC(=O)[C@@]1(C)CCC(=C)C. The van der Waals surface area contributed by atoms with Gasteiger partial charge in [0.25, 0.3) is 0 Å². The van der Waals surface area contributed by atoms with Crippen molar-refractivity contribution in [3.8, 4) is 0 Å². The van der Waals surface area contributed by atoms with Crippen molar-refractivity contribution in [2.24, 2.45) is 11.3 Å². The number of hydrogen-bond donors (Lipinski definition) is 0. The summed E-state index contributed by atoms with van der Waals surface area (Å²) in [4.78, 5) is 11.9. The lowest BCUT2D eigenvalue weighted by molar-refractivity contribution is -0.126. The average molecular weight is 206 g/mol. The van der Waals surface area contributed by atoms with Crippen molar-refractivity contribution >= 4 is 5.78 Å². The molecule has 0 unspecified atom stereocenters. The molecule has 1 aliphatic carbocycles. The van der Waals surface area contributed by atoms with Crippen molar-refractivity contribution in [3.63, 3.8) is 0 Å². The lowest BCUT2D eigenvalue weighted by Crippen LogP contribution is -2.28. The second-order valence-corrected chi connectivity index (χ2v) is 5.06. The highest BCUT2D eigenvalue weighted by molar-refractivity contribution is 5.86. The van der Waals surface area contributed by atoms with Crippen LogP contribution in [0.5, 0.6) is 0 Å². The topological polar surface area (TPSA) is 17.1 Å². The van der Waals surface area contributed by atoms with Gasteiger partial charge in [-0.25, -0.2) is 0 Å². The minimum absolute atomic E-state index is 0.118. The predicted molar refractivity (Wildman–Crippen MR) is 64.7 cm³/mol. The molecular formula is C14H22O. The molecule has 84 valence electrons. The van der Waals surface area contributed by atoms with Gasteiger partial charge < -0.3 is 0 Å². The van der Waals surface area contributed by atoms with Crippen LogP contribution < -0.4 is 0 Å². The van der Waals surface area contributed by atoms with E-state index >= 15 is 0 Å². The summed E-state index contributed by atoms with van der Waals surface area (Å²) in [5, 5.41) is 0. The van der Waals surface area contributed by atoms with Crippen molar-refractivity contribution in [2.45, 2.75) is 46.0 Å². The van der Waals surface area contributed by atoms with E-state index in [0.29, 0.717) is 11.7 Å². The van der Waals surface area contributed by atoms with Crippen LogP contribution in [0.1, 0.15) is 46.0 Å². The van der Waals surface area contributed by atoms with Gasteiger partial charge in [-0.1, -0.05) is 18.6 Å². The summed E-state index contributed by atoms with van der Waals surface area (Å²) in [6, 6.07) is 0. The van der Waals surface area contributed by atoms with Crippen molar-refractivity contribution in [1.29, 1.82) is 0 Å². The summed E-state index contributed by atoms with van der Waals surface area (Å²) < 4.78 is 0. The second kappa shape index (κ2) is 4.78. The van der Waals surface area contributed by atoms with Crippen molar-refractivity contribution in [2.75, 3.05) is 0 Å². The highest BCUT2D eigenvalue weighted by Crippen LogP contribution is 2.46. The van der Waals surface area contributed by atoms with Gasteiger partial charge in [0.2, 0.25) is 0 Å². The predicted octanol–water partition coefficient (Wildman–Crippen LogP) is 3.90. The molecule has 0 aromatic heterocycles. The number of carbonyl (C=O) groups excluding carboxylic acids is 1. The Kier molecular flexibility index (Phi) is 3.90. The Bertz CT molecular complexity index is 277. The molecule has 0 bridgehead atoms. The van der Waals surface area contributed by atoms with Crippen LogP contribution in [0.2, 0.25) is 0 Å². The van der Waals surface area contributed by atoms with E-state index in [-0.39, 0.29) is 5.41 Å². The van der Waals surface area contributed by atoms with Crippen LogP contribution >= 0.6 is 0 Å². The van der Waals surface area contributed by atoms with Crippen molar-refractivity contribution < 1.29 is 4.79 Å². The van der Waals surface area contributed by atoms with E-state index in [1.54, 1.807) is 0 Å². The zero-order valence-corrected chi connectivity index (χ0v) is 10.0. The number of rotatable bonds is 5. The van der Waals surface area contributed by atoms with E-state index in [2.05, 4.69) is 20.1 Å². The van der Waals surface area contributed by atoms with Gasteiger partial charge in [0.05, 0.1) is 0 Å². The summed E-state index contributed by atoms with van der Waals surface area (Å²) in [5.74, 6) is 0.942. The van der Waals surface area contributed by atoms with E-state index in [1.165, 1.54) is 5.57 Å². The monoisotopic (exact) mass is 206 g/mol. The molecule has 0 heterocycles. The fourth-order valence-corrected chi connectivity index (χ4v) is 2.53. The van der Waals surface area contributed by atoms with Gasteiger partial charge in [-0.2, -0.15) is 0 Å². The second-order valence-electron chi connectivity index (χ2n) is 5.06. The lowest BCUT2D eigenvalue weighted by Gasteiger charge is -2.29. The van der Waals surface area contributed by atoms with Crippen LogP contribution in [-0.4, -0.2) is 5.78 Å². The minimum Gasteiger partial charge on any atom is -0.299 e. The number of Topliss-reactive ketones (excluding diaryl/α,β-unsaturated/α-hetero) is 1. The molecule has 2 atom stereocenters. The van der Waals surface area contributed by atoms with Gasteiger partial charge in [-0.05, 0) is 38.5 Å². The molecule has 1 fully saturated rings. The number of ketones is 1. The standard InChI is InChI=1S/C14H22O/c1-5-6-12-7-8-13(15)14(12,4)10-9-11(2)3/h5,12H,1-2,6-10H2,3-4H3/t12-,14+/m1/s1. The van der Waals surface area contributed by atoms with Crippen molar-refractivity contribution in [3.05, 3.63) is 24.8 Å². The Morgan fingerprint density at radius 1 is 1.67 bits per heavy atom. The van der Waals surface area contributed by atoms with Crippen LogP contribution in [0, 0.1) is 11.3 Å². The first-order valence-electron chi connectivity index (χ1n) is 5.79. The molecule has 1 heteroatoms. The molecule has 0 aliphatic heterocycles. The average Bonchev–Trinajstić information content (AvgIpc) is 2.44. The lowest BCUT2D eigenvalue weighted by atomic mass is 9.73. The largest absolute Gasteiger partial charge is 0.299 e. The maximum Gasteiger partial charge on any atom is 0.139 e. The highest BCUT2D eigenvalue weighted by atomic mass is 16.1. The van der Waals surface area contributed by atoms with Crippen LogP contribution in [0.4, 0.5) is 0 Å². The molecule has 15 heavy (non-hydrogen) atoms. The van der Waals surface area contributed by atoms with E-state index in [4.69, 9.17) is 0 Å². The van der Waals surface area contributed by atoms with Gasteiger partial charge in [-0.15, -0.1) is 13.2 Å². The van der Waals surface area contributed by atoms with E-state index in [9.17, 15) is 4.79 Å². The molecular weight excluding hydrogens is 184 g/mol. The van der Waals surface area contributed by atoms with Crippen LogP contribution in [0.3, 0.4) is 0 Å². The highest BCUT2D eigenvalue weighted by Gasteiger charge is 2.44. The summed E-state index contributed by atoms with van der Waals surface area (Å²) >= 11 is 0. The summed E-state index contributed by atoms with van der Waals surface area (Å²) in [6.07, 6.45) is 6.64. The van der Waals surface area contributed by atoms with Gasteiger partial charge in [0.1, 0.15) is 5.78 Å². The Labute approximate surface area is 93.3 Å².